The number of para-hydroxylation sites is 1. The summed E-state index contributed by atoms with van der Waals surface area (Å²) in [5.74, 6) is -0.161. The minimum atomic E-state index is -0.739. The molecule has 0 unspecified atom stereocenters. The van der Waals surface area contributed by atoms with Gasteiger partial charge >= 0.3 is 0 Å². The molecule has 32 heavy (non-hydrogen) atoms. The summed E-state index contributed by atoms with van der Waals surface area (Å²) in [7, 11) is 0. The van der Waals surface area contributed by atoms with Crippen LogP contribution in [0.15, 0.2) is 48.5 Å². The number of benzene rings is 2. The summed E-state index contributed by atoms with van der Waals surface area (Å²) in [5.41, 5.74) is 1.33. The second-order valence-electron chi connectivity index (χ2n) is 8.32. The van der Waals surface area contributed by atoms with E-state index < -0.39 is 12.0 Å². The molecule has 0 aromatic heterocycles. The van der Waals surface area contributed by atoms with Crippen molar-refractivity contribution >= 4 is 29.1 Å². The minimum Gasteiger partial charge on any atom is -0.486 e. The molecule has 0 aliphatic carbocycles. The smallest absolute Gasteiger partial charge is 0.247 e. The zero-order valence-electron chi connectivity index (χ0n) is 18.2. The van der Waals surface area contributed by atoms with Crippen molar-refractivity contribution in [3.8, 4) is 11.5 Å². The van der Waals surface area contributed by atoms with E-state index in [4.69, 9.17) is 9.47 Å². The Bertz CT molecular complexity index is 1010. The monoisotopic (exact) mass is 437 g/mol. The third kappa shape index (κ3) is 4.69. The molecule has 0 spiro atoms. The maximum atomic E-state index is 12.9. The maximum Gasteiger partial charge on any atom is 0.247 e. The molecular formula is C24H27N3O5. The van der Waals surface area contributed by atoms with Crippen molar-refractivity contribution in [1.29, 1.82) is 0 Å². The molecule has 1 fully saturated rings. The molecule has 168 valence electrons. The Morgan fingerprint density at radius 3 is 2.47 bits per heavy atom. The first-order valence-corrected chi connectivity index (χ1v) is 10.8. The third-order valence-corrected chi connectivity index (χ3v) is 5.62. The van der Waals surface area contributed by atoms with Gasteiger partial charge in [-0.1, -0.05) is 32.0 Å². The number of rotatable bonds is 6. The SMILES string of the molecule is CC(C)[C@@H](NC(=O)[C@@H]1CC(=O)N(c2ccccc2)C1)C(=O)Nc1ccc2c(c1)OCCO2. The number of hydrogen-bond acceptors (Lipinski definition) is 5. The van der Waals surface area contributed by atoms with Crippen molar-refractivity contribution in [2.45, 2.75) is 26.3 Å². The van der Waals surface area contributed by atoms with E-state index in [0.29, 0.717) is 36.9 Å². The third-order valence-electron chi connectivity index (χ3n) is 5.62. The molecule has 0 saturated carbocycles. The van der Waals surface area contributed by atoms with Gasteiger partial charge in [0.25, 0.3) is 0 Å². The summed E-state index contributed by atoms with van der Waals surface area (Å²) < 4.78 is 11.1. The number of ether oxygens (including phenoxy) is 2. The van der Waals surface area contributed by atoms with Gasteiger partial charge in [0.2, 0.25) is 17.7 Å². The Morgan fingerprint density at radius 2 is 1.75 bits per heavy atom. The standard InChI is InChI=1S/C24H27N3O5/c1-15(2)22(24(30)25-17-8-9-19-20(13-17)32-11-10-31-19)26-23(29)16-12-21(28)27(14-16)18-6-4-3-5-7-18/h3-9,13,15-16,22H,10-12,14H2,1-2H3,(H,25,30)(H,26,29)/t16-,22-/m1/s1. The van der Waals surface area contributed by atoms with E-state index in [1.165, 1.54) is 0 Å². The predicted octanol–water partition coefficient (Wildman–Crippen LogP) is 2.59. The molecule has 2 atom stereocenters. The second-order valence-corrected chi connectivity index (χ2v) is 8.32. The van der Waals surface area contributed by atoms with Gasteiger partial charge in [0.15, 0.2) is 11.5 Å². The van der Waals surface area contributed by atoms with Gasteiger partial charge < -0.3 is 25.0 Å². The van der Waals surface area contributed by atoms with Crippen LogP contribution in [0.5, 0.6) is 11.5 Å². The quantitative estimate of drug-likeness (QED) is 0.724. The zero-order valence-corrected chi connectivity index (χ0v) is 18.2. The Kier molecular flexibility index (Phi) is 6.30. The van der Waals surface area contributed by atoms with Crippen molar-refractivity contribution in [2.24, 2.45) is 11.8 Å². The lowest BCUT2D eigenvalue weighted by Crippen LogP contribution is -2.49. The van der Waals surface area contributed by atoms with E-state index in [-0.39, 0.29) is 30.1 Å². The first kappa shape index (κ1) is 21.7. The molecule has 2 N–H and O–H groups in total. The minimum absolute atomic E-state index is 0.0989. The van der Waals surface area contributed by atoms with Gasteiger partial charge in [-0.2, -0.15) is 0 Å². The van der Waals surface area contributed by atoms with Crippen LogP contribution in [-0.2, 0) is 14.4 Å². The van der Waals surface area contributed by atoms with Crippen LogP contribution in [0.25, 0.3) is 0 Å². The first-order valence-electron chi connectivity index (χ1n) is 10.8. The fourth-order valence-corrected chi connectivity index (χ4v) is 3.89. The van der Waals surface area contributed by atoms with Gasteiger partial charge in [0, 0.05) is 30.4 Å². The van der Waals surface area contributed by atoms with Gasteiger partial charge in [-0.3, -0.25) is 14.4 Å². The maximum absolute atomic E-state index is 12.9. The molecule has 1 saturated heterocycles. The van der Waals surface area contributed by atoms with Gasteiger partial charge in [0.05, 0.1) is 5.92 Å². The largest absolute Gasteiger partial charge is 0.486 e. The van der Waals surface area contributed by atoms with Gasteiger partial charge in [-0.15, -0.1) is 0 Å². The number of amides is 3. The van der Waals surface area contributed by atoms with Crippen molar-refractivity contribution in [1.82, 2.24) is 5.32 Å². The number of carbonyl (C=O) groups excluding carboxylic acids is 3. The van der Waals surface area contributed by atoms with Crippen LogP contribution in [0.1, 0.15) is 20.3 Å². The molecule has 2 aliphatic rings. The Hall–Kier alpha value is -3.55. The second kappa shape index (κ2) is 9.30. The average molecular weight is 437 g/mol. The highest BCUT2D eigenvalue weighted by Gasteiger charge is 2.37. The summed E-state index contributed by atoms with van der Waals surface area (Å²) in [6, 6.07) is 13.7. The van der Waals surface area contributed by atoms with E-state index in [0.717, 1.165) is 5.69 Å². The van der Waals surface area contributed by atoms with Crippen molar-refractivity contribution in [3.63, 3.8) is 0 Å². The van der Waals surface area contributed by atoms with Crippen LogP contribution in [0.2, 0.25) is 0 Å². The zero-order chi connectivity index (χ0) is 22.7. The van der Waals surface area contributed by atoms with E-state index in [1.807, 2.05) is 44.2 Å². The molecular weight excluding hydrogens is 410 g/mol. The molecule has 2 aromatic rings. The molecule has 2 aromatic carbocycles. The molecule has 0 bridgehead atoms. The first-order chi connectivity index (χ1) is 15.4. The Morgan fingerprint density at radius 1 is 1.03 bits per heavy atom. The molecule has 4 rings (SSSR count). The Labute approximate surface area is 186 Å². The summed E-state index contributed by atoms with van der Waals surface area (Å²) in [6.45, 7) is 4.97. The fourth-order valence-electron chi connectivity index (χ4n) is 3.89. The van der Waals surface area contributed by atoms with Gasteiger partial charge in [-0.25, -0.2) is 0 Å². The molecule has 2 aliphatic heterocycles. The van der Waals surface area contributed by atoms with Crippen LogP contribution in [0.4, 0.5) is 11.4 Å². The predicted molar refractivity (Wildman–Crippen MR) is 120 cm³/mol. The topological polar surface area (TPSA) is 97.0 Å². The lowest BCUT2D eigenvalue weighted by atomic mass is 10.0. The van der Waals surface area contributed by atoms with Crippen molar-refractivity contribution in [3.05, 3.63) is 48.5 Å². The molecule has 3 amide bonds. The average Bonchev–Trinajstić information content (AvgIpc) is 3.19. The lowest BCUT2D eigenvalue weighted by Gasteiger charge is -2.24. The number of hydrogen-bond donors (Lipinski definition) is 2. The number of fused-ring (bicyclic) bond motifs is 1. The molecule has 8 heteroatoms. The van der Waals surface area contributed by atoms with Crippen LogP contribution < -0.4 is 25.0 Å². The highest BCUT2D eigenvalue weighted by Crippen LogP contribution is 2.32. The van der Waals surface area contributed by atoms with Crippen molar-refractivity contribution in [2.75, 3.05) is 30.0 Å². The molecule has 2 heterocycles. The van der Waals surface area contributed by atoms with Gasteiger partial charge in [-0.05, 0) is 30.2 Å². The van der Waals surface area contributed by atoms with Crippen LogP contribution in [-0.4, -0.2) is 43.5 Å². The number of carbonyl (C=O) groups is 3. The van der Waals surface area contributed by atoms with Crippen LogP contribution in [0.3, 0.4) is 0 Å². The molecule has 0 radical (unpaired) electrons. The summed E-state index contributed by atoms with van der Waals surface area (Å²) in [5, 5.41) is 5.69. The lowest BCUT2D eigenvalue weighted by molar-refractivity contribution is -0.130. The number of nitrogens with one attached hydrogen (secondary N) is 2. The summed E-state index contributed by atoms with van der Waals surface area (Å²) in [4.78, 5) is 39.9. The summed E-state index contributed by atoms with van der Waals surface area (Å²) in [6.07, 6.45) is 0.120. The van der Waals surface area contributed by atoms with Crippen molar-refractivity contribution < 1.29 is 23.9 Å². The van der Waals surface area contributed by atoms with Crippen LogP contribution >= 0.6 is 0 Å². The van der Waals surface area contributed by atoms with E-state index in [9.17, 15) is 14.4 Å². The normalized spacial score (nSPS) is 18.4. The van der Waals surface area contributed by atoms with E-state index >= 15 is 0 Å². The fraction of sp³-hybridized carbons (Fsp3) is 0.375. The van der Waals surface area contributed by atoms with E-state index in [2.05, 4.69) is 10.6 Å². The summed E-state index contributed by atoms with van der Waals surface area (Å²) >= 11 is 0. The van der Waals surface area contributed by atoms with E-state index in [1.54, 1.807) is 23.1 Å². The van der Waals surface area contributed by atoms with Crippen LogP contribution in [0, 0.1) is 11.8 Å². The van der Waals surface area contributed by atoms with Gasteiger partial charge in [0.1, 0.15) is 19.3 Å². The molecule has 8 nitrogen and oxygen atoms in total. The number of nitrogens with zero attached hydrogens (tertiary/aromatic N) is 1. The Balaban J connectivity index is 1.40. The highest BCUT2D eigenvalue weighted by molar-refractivity contribution is 6.02. The number of anilines is 2. The highest BCUT2D eigenvalue weighted by atomic mass is 16.6.